The summed E-state index contributed by atoms with van der Waals surface area (Å²) >= 11 is 1.58. The molecule has 0 saturated carbocycles. The molecular weight excluding hydrogens is 288 g/mol. The quantitative estimate of drug-likeness (QED) is 0.622. The Bertz CT molecular complexity index is 419. The molecule has 0 aliphatic rings. The zero-order chi connectivity index (χ0) is 15.7. The smallest absolute Gasteiger partial charge is 0.311 e. The summed E-state index contributed by atoms with van der Waals surface area (Å²) in [5, 5.41) is 2.90. The zero-order valence-electron chi connectivity index (χ0n) is 13.4. The van der Waals surface area contributed by atoms with Gasteiger partial charge in [0.05, 0.1) is 25.3 Å². The Morgan fingerprint density at radius 3 is 2.67 bits per heavy atom. The minimum atomic E-state index is -0.222. The van der Waals surface area contributed by atoms with Gasteiger partial charge >= 0.3 is 5.97 Å². The fraction of sp³-hybridized carbons (Fsp3) is 0.733. The third kappa shape index (κ3) is 5.63. The highest BCUT2D eigenvalue weighted by Crippen LogP contribution is 2.25. The van der Waals surface area contributed by atoms with Gasteiger partial charge in [-0.1, -0.05) is 13.8 Å². The molecule has 0 radical (unpaired) electrons. The highest BCUT2D eigenvalue weighted by atomic mass is 32.1. The summed E-state index contributed by atoms with van der Waals surface area (Å²) in [6, 6.07) is 0.446. The Morgan fingerprint density at radius 2 is 2.10 bits per heavy atom. The average Bonchev–Trinajstić information content (AvgIpc) is 2.91. The molecule has 0 bridgehead atoms. The topological polar surface area (TPSA) is 51.7 Å². The van der Waals surface area contributed by atoms with Crippen LogP contribution >= 0.6 is 11.3 Å². The van der Waals surface area contributed by atoms with Crippen molar-refractivity contribution in [2.45, 2.75) is 46.1 Å². The van der Waals surface area contributed by atoms with Crippen LogP contribution in [0.1, 0.15) is 39.3 Å². The Hall–Kier alpha value is -1.14. The minimum absolute atomic E-state index is 0.222. The summed E-state index contributed by atoms with van der Waals surface area (Å²) in [6.45, 7) is 8.06. The van der Waals surface area contributed by atoms with E-state index in [0.717, 1.165) is 30.2 Å². The lowest BCUT2D eigenvalue weighted by Gasteiger charge is -2.29. The fourth-order valence-corrected chi connectivity index (χ4v) is 3.15. The molecule has 21 heavy (non-hydrogen) atoms. The minimum Gasteiger partial charge on any atom is -0.466 e. The van der Waals surface area contributed by atoms with Gasteiger partial charge < -0.3 is 14.4 Å². The predicted molar refractivity (Wildman–Crippen MR) is 86.0 cm³/mol. The van der Waals surface area contributed by atoms with Crippen molar-refractivity contribution in [2.75, 3.05) is 31.8 Å². The molecule has 1 rings (SSSR count). The molecule has 0 atom stereocenters. The van der Waals surface area contributed by atoms with Crippen molar-refractivity contribution in [3.63, 3.8) is 0 Å². The van der Waals surface area contributed by atoms with Crippen molar-refractivity contribution >= 4 is 22.4 Å². The van der Waals surface area contributed by atoms with Crippen LogP contribution in [-0.4, -0.2) is 43.9 Å². The molecule has 1 heterocycles. The molecule has 6 heteroatoms. The average molecular weight is 314 g/mol. The number of hydrogen-bond donors (Lipinski definition) is 0. The fourth-order valence-electron chi connectivity index (χ4n) is 2.22. The summed E-state index contributed by atoms with van der Waals surface area (Å²) < 4.78 is 10.2. The van der Waals surface area contributed by atoms with E-state index in [0.29, 0.717) is 19.3 Å². The highest BCUT2D eigenvalue weighted by Gasteiger charge is 2.19. The number of hydrogen-bond acceptors (Lipinski definition) is 6. The molecule has 0 fully saturated rings. The van der Waals surface area contributed by atoms with E-state index >= 15 is 0 Å². The Morgan fingerprint density at radius 1 is 1.38 bits per heavy atom. The van der Waals surface area contributed by atoms with E-state index in [9.17, 15) is 4.79 Å². The number of carbonyl (C=O) groups excluding carboxylic acids is 1. The van der Waals surface area contributed by atoms with Gasteiger partial charge in [-0.25, -0.2) is 4.98 Å². The van der Waals surface area contributed by atoms with Crippen LogP contribution in [0.5, 0.6) is 0 Å². The molecule has 0 aliphatic carbocycles. The Kier molecular flexibility index (Phi) is 8.30. The van der Waals surface area contributed by atoms with Gasteiger partial charge in [0.2, 0.25) is 0 Å². The normalized spacial score (nSPS) is 10.9. The molecule has 0 spiro atoms. The van der Waals surface area contributed by atoms with Gasteiger partial charge in [-0.3, -0.25) is 4.79 Å². The van der Waals surface area contributed by atoms with Gasteiger partial charge in [0.1, 0.15) is 0 Å². The van der Waals surface area contributed by atoms with Gasteiger partial charge in [0, 0.05) is 25.1 Å². The van der Waals surface area contributed by atoms with E-state index < -0.39 is 0 Å². The third-order valence-electron chi connectivity index (χ3n) is 3.34. The van der Waals surface area contributed by atoms with E-state index in [1.165, 1.54) is 0 Å². The van der Waals surface area contributed by atoms with Crippen LogP contribution < -0.4 is 4.90 Å². The molecule has 0 unspecified atom stereocenters. The summed E-state index contributed by atoms with van der Waals surface area (Å²) in [4.78, 5) is 18.4. The second-order valence-corrected chi connectivity index (χ2v) is 5.60. The number of rotatable bonds is 10. The predicted octanol–water partition coefficient (Wildman–Crippen LogP) is 2.89. The van der Waals surface area contributed by atoms with Crippen molar-refractivity contribution in [2.24, 2.45) is 0 Å². The lowest BCUT2D eigenvalue weighted by atomic mass is 10.1. The van der Waals surface area contributed by atoms with Crippen molar-refractivity contribution in [3.8, 4) is 0 Å². The second kappa shape index (κ2) is 9.73. The van der Waals surface area contributed by atoms with Crippen LogP contribution in [0.4, 0.5) is 5.13 Å². The molecule has 0 N–H and O–H groups in total. The first kappa shape index (κ1) is 17.9. The largest absolute Gasteiger partial charge is 0.466 e. The first-order valence-corrected chi connectivity index (χ1v) is 8.39. The molecule has 0 amide bonds. The van der Waals surface area contributed by atoms with E-state index in [4.69, 9.17) is 9.47 Å². The maximum Gasteiger partial charge on any atom is 0.311 e. The van der Waals surface area contributed by atoms with E-state index in [1.54, 1.807) is 18.4 Å². The molecule has 0 aliphatic heterocycles. The van der Waals surface area contributed by atoms with Crippen LogP contribution in [0.2, 0.25) is 0 Å². The number of methoxy groups -OCH3 is 1. The van der Waals surface area contributed by atoms with Gasteiger partial charge in [0.15, 0.2) is 5.13 Å². The molecular formula is C15H26N2O3S. The zero-order valence-corrected chi connectivity index (χ0v) is 14.2. The maximum atomic E-state index is 11.5. The molecule has 1 aromatic heterocycles. The number of carbonyl (C=O) groups is 1. The Balaban J connectivity index is 2.78. The highest BCUT2D eigenvalue weighted by molar-refractivity contribution is 7.13. The van der Waals surface area contributed by atoms with Crippen molar-refractivity contribution in [1.82, 2.24) is 4.98 Å². The SMILES string of the molecule is CCOC(=O)Cc1csc(N(CCOC)C(CC)CC)n1. The lowest BCUT2D eigenvalue weighted by Crippen LogP contribution is -2.37. The van der Waals surface area contributed by atoms with Gasteiger partial charge in [-0.05, 0) is 19.8 Å². The number of esters is 1. The van der Waals surface area contributed by atoms with E-state index in [-0.39, 0.29) is 12.4 Å². The van der Waals surface area contributed by atoms with Crippen molar-refractivity contribution in [3.05, 3.63) is 11.1 Å². The number of anilines is 1. The van der Waals surface area contributed by atoms with Crippen LogP contribution in [0.3, 0.4) is 0 Å². The first-order valence-electron chi connectivity index (χ1n) is 7.51. The van der Waals surface area contributed by atoms with Crippen molar-refractivity contribution in [1.29, 1.82) is 0 Å². The number of aromatic nitrogens is 1. The summed E-state index contributed by atoms with van der Waals surface area (Å²) in [7, 11) is 1.71. The lowest BCUT2D eigenvalue weighted by molar-refractivity contribution is -0.142. The maximum absolute atomic E-state index is 11.5. The van der Waals surface area contributed by atoms with Gasteiger partial charge in [-0.15, -0.1) is 11.3 Å². The standard InChI is InChI=1S/C15H26N2O3S/c1-5-13(6-2)17(8-9-19-4)15-16-12(11-21-15)10-14(18)20-7-3/h11,13H,5-10H2,1-4H3. The third-order valence-corrected chi connectivity index (χ3v) is 4.26. The molecule has 0 aromatic carbocycles. The summed E-state index contributed by atoms with van der Waals surface area (Å²) in [6.07, 6.45) is 2.37. The number of ether oxygens (including phenoxy) is 2. The van der Waals surface area contributed by atoms with Crippen molar-refractivity contribution < 1.29 is 14.3 Å². The van der Waals surface area contributed by atoms with Gasteiger partial charge in [0.25, 0.3) is 0 Å². The number of nitrogens with zero attached hydrogens (tertiary/aromatic N) is 2. The van der Waals surface area contributed by atoms with Crippen LogP contribution in [0, 0.1) is 0 Å². The summed E-state index contributed by atoms with van der Waals surface area (Å²) in [5.74, 6) is -0.222. The molecule has 5 nitrogen and oxygen atoms in total. The van der Waals surface area contributed by atoms with E-state index in [2.05, 4.69) is 23.7 Å². The first-order chi connectivity index (χ1) is 10.2. The molecule has 120 valence electrons. The monoisotopic (exact) mass is 314 g/mol. The van der Waals surface area contributed by atoms with E-state index in [1.807, 2.05) is 12.3 Å². The van der Waals surface area contributed by atoms with Crippen LogP contribution in [0.25, 0.3) is 0 Å². The molecule has 1 aromatic rings. The van der Waals surface area contributed by atoms with Gasteiger partial charge in [-0.2, -0.15) is 0 Å². The molecule has 0 saturated heterocycles. The van der Waals surface area contributed by atoms with Crippen LogP contribution in [0.15, 0.2) is 5.38 Å². The number of thiazole rings is 1. The second-order valence-electron chi connectivity index (χ2n) is 4.76. The summed E-state index contributed by atoms with van der Waals surface area (Å²) in [5.41, 5.74) is 0.779. The van der Waals surface area contributed by atoms with Crippen LogP contribution in [-0.2, 0) is 20.7 Å². The Labute approximate surface area is 131 Å².